The highest BCUT2D eigenvalue weighted by atomic mass is 16.3. The van der Waals surface area contributed by atoms with Crippen LogP contribution in [0.1, 0.15) is 26.7 Å². The third-order valence-electron chi connectivity index (χ3n) is 1.88. The van der Waals surface area contributed by atoms with E-state index in [1.807, 2.05) is 6.92 Å². The number of hydrogen-bond acceptors (Lipinski definition) is 2. The van der Waals surface area contributed by atoms with Crippen molar-refractivity contribution in [1.82, 2.24) is 4.90 Å². The molecule has 1 N–H and O–H groups in total. The van der Waals surface area contributed by atoms with Crippen molar-refractivity contribution in [3.05, 3.63) is 0 Å². The number of likely N-dealkylation sites (tertiary alicyclic amines) is 1. The molecule has 0 bridgehead atoms. The van der Waals surface area contributed by atoms with Crippen LogP contribution in [0.25, 0.3) is 0 Å². The molecule has 0 aromatic rings. The van der Waals surface area contributed by atoms with Gasteiger partial charge in [-0.2, -0.15) is 0 Å². The van der Waals surface area contributed by atoms with Gasteiger partial charge in [-0.25, -0.2) is 0 Å². The molecule has 0 unspecified atom stereocenters. The minimum atomic E-state index is -0.622. The fraction of sp³-hybridized carbons (Fsp3) is 0.875. The van der Waals surface area contributed by atoms with E-state index in [0.29, 0.717) is 19.5 Å². The van der Waals surface area contributed by atoms with Gasteiger partial charge in [-0.3, -0.25) is 4.79 Å². The van der Waals surface area contributed by atoms with Gasteiger partial charge in [0.1, 0.15) is 0 Å². The molecule has 1 heterocycles. The van der Waals surface area contributed by atoms with Crippen LogP contribution in [0.4, 0.5) is 0 Å². The monoisotopic (exact) mass is 157 g/mol. The molecule has 64 valence electrons. The molecule has 0 aliphatic carbocycles. The van der Waals surface area contributed by atoms with E-state index >= 15 is 0 Å². The van der Waals surface area contributed by atoms with Crippen molar-refractivity contribution in [2.45, 2.75) is 32.3 Å². The molecule has 1 amide bonds. The van der Waals surface area contributed by atoms with Crippen LogP contribution < -0.4 is 0 Å². The lowest BCUT2D eigenvalue weighted by molar-refractivity contribution is -0.152. The Morgan fingerprint density at radius 2 is 2.18 bits per heavy atom. The van der Waals surface area contributed by atoms with E-state index in [4.69, 9.17) is 0 Å². The number of β-amino-alcohol motifs (C(OH)–C–C–N with tert-alkyl or cyclic N) is 1. The molecule has 0 aromatic heterocycles. The Hall–Kier alpha value is -0.570. The Morgan fingerprint density at radius 3 is 2.55 bits per heavy atom. The molecule has 11 heavy (non-hydrogen) atoms. The second-order valence-corrected chi connectivity index (χ2v) is 3.50. The summed E-state index contributed by atoms with van der Waals surface area (Å²) >= 11 is 0. The van der Waals surface area contributed by atoms with Gasteiger partial charge in [-0.1, -0.05) is 6.92 Å². The molecule has 0 spiro atoms. The highest BCUT2D eigenvalue weighted by Gasteiger charge is 2.38. The Morgan fingerprint density at radius 1 is 1.64 bits per heavy atom. The van der Waals surface area contributed by atoms with Gasteiger partial charge in [0.15, 0.2) is 0 Å². The van der Waals surface area contributed by atoms with Crippen LogP contribution in [0.15, 0.2) is 0 Å². The SMILES string of the molecule is CCCC(=O)N1CC(C)(O)C1. The summed E-state index contributed by atoms with van der Waals surface area (Å²) in [5.41, 5.74) is -0.622. The first-order valence-electron chi connectivity index (χ1n) is 4.05. The summed E-state index contributed by atoms with van der Waals surface area (Å²) in [7, 11) is 0. The number of rotatable bonds is 2. The molecule has 1 fully saturated rings. The van der Waals surface area contributed by atoms with Gasteiger partial charge in [0.05, 0.1) is 18.7 Å². The minimum absolute atomic E-state index is 0.166. The Balaban J connectivity index is 2.27. The quantitative estimate of drug-likeness (QED) is 0.629. The second kappa shape index (κ2) is 2.81. The smallest absolute Gasteiger partial charge is 0.222 e. The Bertz CT molecular complexity index is 157. The maximum atomic E-state index is 11.1. The highest BCUT2D eigenvalue weighted by Crippen LogP contribution is 2.20. The first-order chi connectivity index (χ1) is 5.05. The number of nitrogens with zero attached hydrogens (tertiary/aromatic N) is 1. The predicted molar refractivity (Wildman–Crippen MR) is 42.1 cm³/mol. The van der Waals surface area contributed by atoms with Crippen molar-refractivity contribution in [3.8, 4) is 0 Å². The molecule has 3 nitrogen and oxygen atoms in total. The van der Waals surface area contributed by atoms with Crippen LogP contribution in [-0.2, 0) is 4.79 Å². The summed E-state index contributed by atoms with van der Waals surface area (Å²) in [5, 5.41) is 9.31. The molecule has 1 rings (SSSR count). The largest absolute Gasteiger partial charge is 0.386 e. The number of hydrogen-bond donors (Lipinski definition) is 1. The summed E-state index contributed by atoms with van der Waals surface area (Å²) in [6, 6.07) is 0. The second-order valence-electron chi connectivity index (χ2n) is 3.50. The van der Waals surface area contributed by atoms with E-state index in [1.165, 1.54) is 0 Å². The van der Waals surface area contributed by atoms with E-state index in [9.17, 15) is 9.90 Å². The van der Waals surface area contributed by atoms with Gasteiger partial charge in [-0.05, 0) is 13.3 Å². The minimum Gasteiger partial charge on any atom is -0.386 e. The molecular formula is C8H15NO2. The maximum absolute atomic E-state index is 11.1. The van der Waals surface area contributed by atoms with Crippen LogP contribution in [-0.4, -0.2) is 34.6 Å². The summed E-state index contributed by atoms with van der Waals surface area (Å²) in [6.45, 7) is 4.75. The van der Waals surface area contributed by atoms with E-state index in [2.05, 4.69) is 0 Å². The molecule has 1 aliphatic rings. The average Bonchev–Trinajstić information content (AvgIpc) is 1.83. The number of carbonyl (C=O) groups is 1. The van der Waals surface area contributed by atoms with Gasteiger partial charge in [0.25, 0.3) is 0 Å². The van der Waals surface area contributed by atoms with Gasteiger partial charge < -0.3 is 10.0 Å². The maximum Gasteiger partial charge on any atom is 0.222 e. The van der Waals surface area contributed by atoms with Crippen LogP contribution in [0.2, 0.25) is 0 Å². The first kappa shape index (κ1) is 8.53. The van der Waals surface area contributed by atoms with Crippen LogP contribution >= 0.6 is 0 Å². The average molecular weight is 157 g/mol. The zero-order chi connectivity index (χ0) is 8.48. The fourth-order valence-corrected chi connectivity index (χ4v) is 1.32. The van der Waals surface area contributed by atoms with Crippen molar-refractivity contribution >= 4 is 5.91 Å². The fourth-order valence-electron chi connectivity index (χ4n) is 1.32. The molecule has 0 radical (unpaired) electrons. The lowest BCUT2D eigenvalue weighted by Crippen LogP contribution is -2.61. The lowest BCUT2D eigenvalue weighted by atomic mass is 9.96. The number of aliphatic hydroxyl groups is 1. The lowest BCUT2D eigenvalue weighted by Gasteiger charge is -2.44. The van der Waals surface area contributed by atoms with Crippen molar-refractivity contribution in [3.63, 3.8) is 0 Å². The number of amides is 1. The highest BCUT2D eigenvalue weighted by molar-refractivity contribution is 5.77. The topological polar surface area (TPSA) is 40.5 Å². The van der Waals surface area contributed by atoms with E-state index < -0.39 is 5.60 Å². The third-order valence-corrected chi connectivity index (χ3v) is 1.88. The third kappa shape index (κ3) is 1.93. The molecule has 0 atom stereocenters. The standard InChI is InChI=1S/C8H15NO2/c1-3-4-7(10)9-5-8(2,11)6-9/h11H,3-6H2,1-2H3. The van der Waals surface area contributed by atoms with Crippen molar-refractivity contribution in [1.29, 1.82) is 0 Å². The van der Waals surface area contributed by atoms with Gasteiger partial charge in [0.2, 0.25) is 5.91 Å². The summed E-state index contributed by atoms with van der Waals surface area (Å²) in [6.07, 6.45) is 1.49. The Kier molecular flexibility index (Phi) is 2.18. The van der Waals surface area contributed by atoms with Crippen molar-refractivity contribution in [2.75, 3.05) is 13.1 Å². The van der Waals surface area contributed by atoms with Crippen LogP contribution in [0, 0.1) is 0 Å². The molecule has 0 aromatic carbocycles. The van der Waals surface area contributed by atoms with Gasteiger partial charge >= 0.3 is 0 Å². The van der Waals surface area contributed by atoms with Crippen LogP contribution in [0.3, 0.4) is 0 Å². The van der Waals surface area contributed by atoms with E-state index in [1.54, 1.807) is 11.8 Å². The molecule has 1 saturated heterocycles. The van der Waals surface area contributed by atoms with Crippen LogP contribution in [0.5, 0.6) is 0 Å². The summed E-state index contributed by atoms with van der Waals surface area (Å²) < 4.78 is 0. The van der Waals surface area contributed by atoms with Crippen molar-refractivity contribution in [2.24, 2.45) is 0 Å². The molecule has 3 heteroatoms. The zero-order valence-electron chi connectivity index (χ0n) is 7.13. The molecule has 0 saturated carbocycles. The molecular weight excluding hydrogens is 142 g/mol. The number of carbonyl (C=O) groups excluding carboxylic acids is 1. The summed E-state index contributed by atoms with van der Waals surface area (Å²) in [5.74, 6) is 0.166. The van der Waals surface area contributed by atoms with E-state index in [-0.39, 0.29) is 5.91 Å². The van der Waals surface area contributed by atoms with Gasteiger partial charge in [0, 0.05) is 6.42 Å². The Labute approximate surface area is 67.0 Å². The predicted octanol–water partition coefficient (Wildman–Crippen LogP) is 0.380. The molecule has 1 aliphatic heterocycles. The van der Waals surface area contributed by atoms with Gasteiger partial charge in [-0.15, -0.1) is 0 Å². The first-order valence-corrected chi connectivity index (χ1v) is 4.05. The normalized spacial score (nSPS) is 21.2. The summed E-state index contributed by atoms with van der Waals surface area (Å²) in [4.78, 5) is 12.8. The zero-order valence-corrected chi connectivity index (χ0v) is 7.13. The van der Waals surface area contributed by atoms with Crippen molar-refractivity contribution < 1.29 is 9.90 Å². The van der Waals surface area contributed by atoms with E-state index in [0.717, 1.165) is 6.42 Å².